The fourth-order valence-electron chi connectivity index (χ4n) is 3.55. The highest BCUT2D eigenvalue weighted by Crippen LogP contribution is 2.20. The summed E-state index contributed by atoms with van der Waals surface area (Å²) in [7, 11) is 0. The Morgan fingerprint density at radius 1 is 1.25 bits per heavy atom. The van der Waals surface area contributed by atoms with Crippen molar-refractivity contribution in [2.45, 2.75) is 25.8 Å². The van der Waals surface area contributed by atoms with E-state index in [9.17, 15) is 4.79 Å². The van der Waals surface area contributed by atoms with Gasteiger partial charge in [-0.05, 0) is 48.9 Å². The zero-order valence-electron chi connectivity index (χ0n) is 15.8. The van der Waals surface area contributed by atoms with Gasteiger partial charge in [0, 0.05) is 51.0 Å². The minimum atomic E-state index is 0.0648. The average Bonchev–Trinajstić information content (AvgIpc) is 3.43. The van der Waals surface area contributed by atoms with Crippen molar-refractivity contribution >= 4 is 11.7 Å². The molecule has 2 N–H and O–H groups in total. The molecule has 8 heteroatoms. The van der Waals surface area contributed by atoms with E-state index < -0.39 is 0 Å². The Balaban J connectivity index is 1.24. The molecule has 4 rings (SSSR count). The number of nitrogens with one attached hydrogen (secondary N) is 2. The Bertz CT molecular complexity index is 851. The van der Waals surface area contributed by atoms with Crippen LogP contribution in [0.15, 0.2) is 49.2 Å². The molecule has 1 aliphatic rings. The predicted molar refractivity (Wildman–Crippen MR) is 106 cm³/mol. The van der Waals surface area contributed by atoms with Crippen LogP contribution in [0.25, 0.3) is 0 Å². The largest absolute Gasteiger partial charge is 0.370 e. The lowest BCUT2D eigenvalue weighted by Gasteiger charge is -2.32. The predicted octanol–water partition coefficient (Wildman–Crippen LogP) is 2.21. The second-order valence-electron chi connectivity index (χ2n) is 7.18. The van der Waals surface area contributed by atoms with Gasteiger partial charge in [0.1, 0.15) is 5.82 Å². The van der Waals surface area contributed by atoms with E-state index in [0.717, 1.165) is 56.8 Å². The summed E-state index contributed by atoms with van der Waals surface area (Å²) in [4.78, 5) is 19.1. The Morgan fingerprint density at radius 3 is 2.82 bits per heavy atom. The molecule has 0 radical (unpaired) electrons. The summed E-state index contributed by atoms with van der Waals surface area (Å²) < 4.78 is 1.98. The van der Waals surface area contributed by atoms with Crippen LogP contribution >= 0.6 is 0 Å². The van der Waals surface area contributed by atoms with Gasteiger partial charge >= 0.3 is 0 Å². The number of pyridine rings is 1. The zero-order chi connectivity index (χ0) is 19.2. The molecule has 0 saturated carbocycles. The van der Waals surface area contributed by atoms with Gasteiger partial charge in [0.25, 0.3) is 5.91 Å². The van der Waals surface area contributed by atoms with Crippen LogP contribution in [0.5, 0.6) is 0 Å². The smallest absolute Gasteiger partial charge is 0.255 e. The van der Waals surface area contributed by atoms with Crippen LogP contribution in [-0.2, 0) is 13.0 Å². The topological polar surface area (TPSA) is 91.7 Å². The number of hydrogen-bond acceptors (Lipinski definition) is 5. The fourth-order valence-corrected chi connectivity index (χ4v) is 3.55. The number of H-pyrrole nitrogens is 1. The van der Waals surface area contributed by atoms with Crippen molar-refractivity contribution in [2.24, 2.45) is 5.92 Å². The van der Waals surface area contributed by atoms with Gasteiger partial charge in [-0.15, -0.1) is 0 Å². The lowest BCUT2D eigenvalue weighted by molar-refractivity contribution is 0.0681. The molecule has 0 aromatic carbocycles. The van der Waals surface area contributed by atoms with Crippen molar-refractivity contribution in [3.63, 3.8) is 0 Å². The van der Waals surface area contributed by atoms with Crippen LogP contribution in [0.2, 0.25) is 0 Å². The SMILES string of the molecule is O=C(c1ccc(NCCc2cn[nH]c2)nc1)N1CCC(Cn2cccn2)CC1. The number of rotatable bonds is 7. The summed E-state index contributed by atoms with van der Waals surface area (Å²) in [6.45, 7) is 3.27. The molecular formula is C20H25N7O. The first kappa shape index (κ1) is 18.2. The van der Waals surface area contributed by atoms with Gasteiger partial charge in [-0.3, -0.25) is 14.6 Å². The summed E-state index contributed by atoms with van der Waals surface area (Å²) in [6.07, 6.45) is 12.0. The molecular weight excluding hydrogens is 354 g/mol. The highest BCUT2D eigenvalue weighted by atomic mass is 16.2. The Morgan fingerprint density at radius 2 is 2.14 bits per heavy atom. The number of carbonyl (C=O) groups excluding carboxylic acids is 1. The number of piperidine rings is 1. The second-order valence-corrected chi connectivity index (χ2v) is 7.18. The van der Waals surface area contributed by atoms with E-state index in [4.69, 9.17) is 0 Å². The maximum absolute atomic E-state index is 12.7. The molecule has 28 heavy (non-hydrogen) atoms. The van der Waals surface area contributed by atoms with Gasteiger partial charge < -0.3 is 10.2 Å². The van der Waals surface area contributed by atoms with Gasteiger partial charge in [0.2, 0.25) is 0 Å². The molecule has 0 bridgehead atoms. The molecule has 0 aliphatic carbocycles. The van der Waals surface area contributed by atoms with E-state index in [1.165, 1.54) is 0 Å². The van der Waals surface area contributed by atoms with E-state index >= 15 is 0 Å². The molecule has 146 valence electrons. The van der Waals surface area contributed by atoms with Crippen molar-refractivity contribution in [1.82, 2.24) is 29.9 Å². The number of hydrogen-bond donors (Lipinski definition) is 2. The summed E-state index contributed by atoms with van der Waals surface area (Å²) in [5, 5.41) is 14.3. The van der Waals surface area contributed by atoms with Crippen molar-refractivity contribution in [3.8, 4) is 0 Å². The molecule has 1 fully saturated rings. The number of likely N-dealkylation sites (tertiary alicyclic amines) is 1. The average molecular weight is 379 g/mol. The lowest BCUT2D eigenvalue weighted by Crippen LogP contribution is -2.39. The molecule has 1 saturated heterocycles. The first-order valence-corrected chi connectivity index (χ1v) is 9.72. The highest BCUT2D eigenvalue weighted by molar-refractivity contribution is 5.94. The molecule has 0 atom stereocenters. The fraction of sp³-hybridized carbons (Fsp3) is 0.400. The first-order valence-electron chi connectivity index (χ1n) is 9.72. The van der Waals surface area contributed by atoms with Crippen LogP contribution in [0.1, 0.15) is 28.8 Å². The van der Waals surface area contributed by atoms with Crippen LogP contribution in [0.3, 0.4) is 0 Å². The zero-order valence-corrected chi connectivity index (χ0v) is 15.8. The van der Waals surface area contributed by atoms with Crippen LogP contribution in [0, 0.1) is 5.92 Å². The standard InChI is InChI=1S/C20H25N7O/c28-20(26-10-5-16(6-11-26)15-27-9-1-7-25-27)18-2-3-19(22-14-18)21-8-4-17-12-23-24-13-17/h1-3,7,9,12-14,16H,4-6,8,10-11,15H2,(H,21,22)(H,23,24). The normalized spacial score (nSPS) is 14.9. The van der Waals surface area contributed by atoms with E-state index in [-0.39, 0.29) is 5.91 Å². The second kappa shape index (κ2) is 8.69. The highest BCUT2D eigenvalue weighted by Gasteiger charge is 2.24. The number of nitrogens with zero attached hydrogens (tertiary/aromatic N) is 5. The van der Waals surface area contributed by atoms with Crippen molar-refractivity contribution in [3.05, 3.63) is 60.3 Å². The van der Waals surface area contributed by atoms with Crippen molar-refractivity contribution < 1.29 is 4.79 Å². The summed E-state index contributed by atoms with van der Waals surface area (Å²) in [5.74, 6) is 1.41. The van der Waals surface area contributed by atoms with Gasteiger partial charge in [0.15, 0.2) is 0 Å². The molecule has 4 heterocycles. The number of amides is 1. The van der Waals surface area contributed by atoms with Gasteiger partial charge in [-0.2, -0.15) is 10.2 Å². The summed E-state index contributed by atoms with van der Waals surface area (Å²) in [6, 6.07) is 5.67. The molecule has 1 aliphatic heterocycles. The third-order valence-electron chi connectivity index (χ3n) is 5.19. The van der Waals surface area contributed by atoms with Crippen LogP contribution < -0.4 is 5.32 Å². The van der Waals surface area contributed by atoms with Gasteiger partial charge in [-0.25, -0.2) is 4.98 Å². The van der Waals surface area contributed by atoms with Crippen LogP contribution in [-0.4, -0.2) is 55.4 Å². The van der Waals surface area contributed by atoms with E-state index in [1.54, 1.807) is 6.20 Å². The van der Waals surface area contributed by atoms with Gasteiger partial charge in [-0.1, -0.05) is 0 Å². The maximum Gasteiger partial charge on any atom is 0.255 e. The minimum absolute atomic E-state index is 0.0648. The van der Waals surface area contributed by atoms with Crippen molar-refractivity contribution in [1.29, 1.82) is 0 Å². The quantitative estimate of drug-likeness (QED) is 0.657. The van der Waals surface area contributed by atoms with E-state index in [1.807, 2.05) is 52.6 Å². The third-order valence-corrected chi connectivity index (χ3v) is 5.19. The van der Waals surface area contributed by atoms with Crippen molar-refractivity contribution in [2.75, 3.05) is 25.0 Å². The Hall–Kier alpha value is -3.16. The lowest BCUT2D eigenvalue weighted by atomic mass is 9.96. The Kier molecular flexibility index (Phi) is 5.65. The summed E-state index contributed by atoms with van der Waals surface area (Å²) in [5.41, 5.74) is 1.79. The van der Waals surface area contributed by atoms with E-state index in [0.29, 0.717) is 11.5 Å². The summed E-state index contributed by atoms with van der Waals surface area (Å²) >= 11 is 0. The number of aromatic amines is 1. The Labute approximate surface area is 164 Å². The van der Waals surface area contributed by atoms with E-state index in [2.05, 4.69) is 25.6 Å². The minimum Gasteiger partial charge on any atom is -0.370 e. The number of anilines is 1. The number of aromatic nitrogens is 5. The molecule has 3 aromatic heterocycles. The number of carbonyl (C=O) groups is 1. The molecule has 1 amide bonds. The molecule has 0 spiro atoms. The monoisotopic (exact) mass is 379 g/mol. The molecule has 8 nitrogen and oxygen atoms in total. The third kappa shape index (κ3) is 4.57. The molecule has 0 unspecified atom stereocenters. The first-order chi connectivity index (χ1) is 13.8. The maximum atomic E-state index is 12.7. The molecule has 3 aromatic rings. The van der Waals surface area contributed by atoms with Crippen LogP contribution in [0.4, 0.5) is 5.82 Å². The van der Waals surface area contributed by atoms with Gasteiger partial charge in [0.05, 0.1) is 11.8 Å².